The molecule has 0 fully saturated rings. The zero-order valence-electron chi connectivity index (χ0n) is 54.6. The van der Waals surface area contributed by atoms with Crippen molar-refractivity contribution in [2.24, 2.45) is 0 Å². The summed E-state index contributed by atoms with van der Waals surface area (Å²) in [5.74, 6) is 3.38. The summed E-state index contributed by atoms with van der Waals surface area (Å²) in [5.41, 5.74) is 2.74. The molecule has 490 valence electrons. The molecule has 4 aromatic rings. The van der Waals surface area contributed by atoms with E-state index >= 15 is 0 Å². The van der Waals surface area contributed by atoms with Gasteiger partial charge in [-0.15, -0.1) is 0 Å². The number of rotatable bonds is 47. The van der Waals surface area contributed by atoms with Gasteiger partial charge in [0.2, 0.25) is 5.75 Å². The Balaban J connectivity index is 1.29. The Kier molecular flexibility index (Phi) is 39.9. The maximum Gasteiger partial charge on any atom is 0.338 e. The lowest BCUT2D eigenvalue weighted by molar-refractivity contribution is -0.115. The monoisotopic (exact) mass is 1220 g/mol. The van der Waals surface area contributed by atoms with E-state index in [0.717, 1.165) is 93.3 Å². The van der Waals surface area contributed by atoms with E-state index in [4.69, 9.17) is 52.1 Å². The number of ketones is 1. The van der Waals surface area contributed by atoms with Gasteiger partial charge in [0.05, 0.1) is 65.0 Å². The Bertz CT molecular complexity index is 2420. The summed E-state index contributed by atoms with van der Waals surface area (Å²) in [6, 6.07) is 26.8. The van der Waals surface area contributed by atoms with Gasteiger partial charge < -0.3 is 52.1 Å². The number of benzene rings is 4. The smallest absolute Gasteiger partial charge is 0.338 e. The molecule has 88 heavy (non-hydrogen) atoms. The molecular weight excluding hydrogens is 1110 g/mol. The molecule has 1 aliphatic heterocycles. The summed E-state index contributed by atoms with van der Waals surface area (Å²) in [4.78, 5) is 26.4. The first-order chi connectivity index (χ1) is 43.3. The summed E-state index contributed by atoms with van der Waals surface area (Å²) in [7, 11) is 0. The number of carbonyl (C=O) groups is 2. The fourth-order valence-corrected chi connectivity index (χ4v) is 10.4. The number of para-hydroxylation sites is 2. The first-order valence-corrected chi connectivity index (χ1v) is 34.3. The predicted molar refractivity (Wildman–Crippen MR) is 353 cm³/mol. The lowest BCUT2D eigenvalue weighted by Gasteiger charge is -2.22. The summed E-state index contributed by atoms with van der Waals surface area (Å²) >= 11 is 0. The van der Waals surface area contributed by atoms with Crippen LogP contribution in [0, 0.1) is 0 Å². The predicted octanol–water partition coefficient (Wildman–Crippen LogP) is 18.9. The zero-order valence-corrected chi connectivity index (χ0v) is 54.6. The average Bonchev–Trinajstić information content (AvgIpc) is 2.09. The van der Waals surface area contributed by atoms with Crippen LogP contribution in [-0.2, 0) is 37.0 Å². The van der Waals surface area contributed by atoms with Crippen LogP contribution in [-0.4, -0.2) is 90.5 Å². The van der Waals surface area contributed by atoms with Crippen molar-refractivity contribution < 1.29 is 61.7 Å². The largest absolute Gasteiger partial charge is 0.494 e. The van der Waals surface area contributed by atoms with Crippen LogP contribution in [0.15, 0.2) is 97.1 Å². The van der Waals surface area contributed by atoms with E-state index in [1.54, 1.807) is 19.1 Å². The topological polar surface area (TPSA) is 136 Å². The van der Waals surface area contributed by atoms with Crippen molar-refractivity contribution in [1.29, 1.82) is 0 Å². The summed E-state index contributed by atoms with van der Waals surface area (Å²) in [6.07, 6.45) is 34.9. The van der Waals surface area contributed by atoms with Gasteiger partial charge >= 0.3 is 5.97 Å². The average molecular weight is 1220 g/mol. The van der Waals surface area contributed by atoms with Gasteiger partial charge in [-0.25, -0.2) is 4.79 Å². The summed E-state index contributed by atoms with van der Waals surface area (Å²) in [6.45, 7) is 14.6. The number of allylic oxidation sites excluding steroid dienone is 1. The van der Waals surface area contributed by atoms with Crippen LogP contribution in [0.1, 0.15) is 235 Å². The van der Waals surface area contributed by atoms with E-state index in [-0.39, 0.29) is 37.8 Å². The van der Waals surface area contributed by atoms with Crippen LogP contribution in [0.3, 0.4) is 0 Å². The Labute approximate surface area is 530 Å². The second-order valence-corrected chi connectivity index (χ2v) is 23.6. The molecule has 1 heterocycles. The molecule has 13 nitrogen and oxygen atoms in total. The molecule has 0 saturated carbocycles. The van der Waals surface area contributed by atoms with Crippen molar-refractivity contribution in [3.05, 3.63) is 114 Å². The highest BCUT2D eigenvalue weighted by molar-refractivity contribution is 5.94. The van der Waals surface area contributed by atoms with Gasteiger partial charge in [-0.05, 0) is 97.8 Å². The molecule has 13 heteroatoms. The molecule has 0 N–H and O–H groups in total. The lowest BCUT2D eigenvalue weighted by atomic mass is 10.0. The second kappa shape index (κ2) is 48.1. The number of Topliss-reactive ketones (excluding diaryl/α,β-unsaturated/α-hetero) is 1. The number of hydrogen-bond donors (Lipinski definition) is 0. The van der Waals surface area contributed by atoms with E-state index < -0.39 is 12.1 Å². The molecule has 5 rings (SSSR count). The van der Waals surface area contributed by atoms with Crippen molar-refractivity contribution in [1.82, 2.24) is 0 Å². The van der Waals surface area contributed by atoms with Crippen molar-refractivity contribution in [2.75, 3.05) is 72.7 Å². The van der Waals surface area contributed by atoms with E-state index in [9.17, 15) is 9.59 Å². The molecule has 0 spiro atoms. The fraction of sp³-hybridized carbons (Fsp3) is 0.627. The second-order valence-electron chi connectivity index (χ2n) is 23.6. The highest BCUT2D eigenvalue weighted by Gasteiger charge is 2.23. The van der Waals surface area contributed by atoms with Crippen LogP contribution in [0.4, 0.5) is 0 Å². The Morgan fingerprint density at radius 2 is 0.886 bits per heavy atom. The Morgan fingerprint density at radius 1 is 0.466 bits per heavy atom. The molecule has 1 aliphatic rings. The van der Waals surface area contributed by atoms with Crippen molar-refractivity contribution in [2.45, 2.75) is 233 Å². The van der Waals surface area contributed by atoms with E-state index in [1.165, 1.54) is 116 Å². The van der Waals surface area contributed by atoms with Crippen LogP contribution >= 0.6 is 0 Å². The zero-order chi connectivity index (χ0) is 62.2. The maximum atomic E-state index is 14.4. The van der Waals surface area contributed by atoms with Gasteiger partial charge in [-0.2, -0.15) is 0 Å². The van der Waals surface area contributed by atoms with Crippen LogP contribution in [0.2, 0.25) is 0 Å². The van der Waals surface area contributed by atoms with Gasteiger partial charge in [0.25, 0.3) is 0 Å². The summed E-state index contributed by atoms with van der Waals surface area (Å²) < 4.78 is 68.2. The summed E-state index contributed by atoms with van der Waals surface area (Å²) in [5, 5.41) is 0. The number of fused-ring (bicyclic) bond motifs is 1. The number of ether oxygens (including phenoxy) is 11. The molecule has 0 aliphatic carbocycles. The normalized spacial score (nSPS) is 13.9. The standard InChI is InChI=1S/C75H112O13/c1-5-7-9-11-13-15-19-23-27-33-47-81-66-43-39-63(40-44-66)58-85-73-57-65(75(77)87-61-68-60-80-53-52-78-50-51-79-54-55-84-70-37-31-32-38-71(70)88-68)56-72(83-49-35-29-25-21-17-18-22-26-30-36-69(76)62(3)4)74(73)86-59-64-41-45-67(46-42-64)82-48-34-28-24-20-16-14-12-10-8-6-2/h31-32,37-46,56-57,68H,3,5-30,33-36,47-55,58-61H2,1-2,4H3. The third kappa shape index (κ3) is 33.2. The molecular formula is C75H112O13. The van der Waals surface area contributed by atoms with E-state index in [1.807, 2.05) is 72.8 Å². The maximum absolute atomic E-state index is 14.4. The van der Waals surface area contributed by atoms with Gasteiger partial charge in [0, 0.05) is 6.42 Å². The minimum absolute atomic E-state index is 0.122. The van der Waals surface area contributed by atoms with Crippen LogP contribution in [0.25, 0.3) is 0 Å². The molecule has 0 radical (unpaired) electrons. The number of esters is 1. The molecule has 0 saturated heterocycles. The van der Waals surface area contributed by atoms with Crippen molar-refractivity contribution >= 4 is 11.8 Å². The molecule has 0 bridgehead atoms. The van der Waals surface area contributed by atoms with Gasteiger partial charge in [-0.1, -0.05) is 217 Å². The minimum atomic E-state index is -0.681. The molecule has 0 aromatic heterocycles. The molecule has 4 aromatic carbocycles. The molecule has 1 atom stereocenters. The fourth-order valence-electron chi connectivity index (χ4n) is 10.4. The van der Waals surface area contributed by atoms with Crippen LogP contribution in [0.5, 0.6) is 40.2 Å². The van der Waals surface area contributed by atoms with E-state index in [2.05, 4.69) is 20.4 Å². The number of carbonyl (C=O) groups excluding carboxylic acids is 2. The molecule has 0 amide bonds. The highest BCUT2D eigenvalue weighted by Crippen LogP contribution is 2.41. The first-order valence-electron chi connectivity index (χ1n) is 34.3. The van der Waals surface area contributed by atoms with Crippen molar-refractivity contribution in [3.63, 3.8) is 0 Å². The van der Waals surface area contributed by atoms with Gasteiger partial charge in [0.1, 0.15) is 37.9 Å². The number of unbranched alkanes of at least 4 members (excludes halogenated alkanes) is 26. The molecule has 1 unspecified atom stereocenters. The van der Waals surface area contributed by atoms with Crippen molar-refractivity contribution in [3.8, 4) is 40.2 Å². The SMILES string of the molecule is C=C(C)C(=O)CCCCCCCCCCCOc1cc(C(=O)OCC2COCCOCCOCCOc3ccccc3O2)cc(OCc2ccc(OCCCCCCCCCCCC)cc2)c1OCc1ccc(OCCCCCCCCCCCC)cc1. The highest BCUT2D eigenvalue weighted by atomic mass is 16.6. The Morgan fingerprint density at radius 3 is 1.39 bits per heavy atom. The quantitative estimate of drug-likeness (QED) is 0.0236. The lowest BCUT2D eigenvalue weighted by Crippen LogP contribution is -2.31. The number of hydrogen-bond acceptors (Lipinski definition) is 13. The first kappa shape index (κ1) is 73.0. The van der Waals surface area contributed by atoms with Gasteiger partial charge in [0.15, 0.2) is 34.9 Å². The minimum Gasteiger partial charge on any atom is -0.494 e. The third-order valence-electron chi connectivity index (χ3n) is 15.8. The van der Waals surface area contributed by atoms with Crippen LogP contribution < -0.4 is 33.2 Å². The Hall–Kier alpha value is -5.76. The third-order valence-corrected chi connectivity index (χ3v) is 15.8. The van der Waals surface area contributed by atoms with Gasteiger partial charge in [-0.3, -0.25) is 4.79 Å². The van der Waals surface area contributed by atoms with E-state index in [0.29, 0.717) is 100 Å².